The zero-order valence-corrected chi connectivity index (χ0v) is 28.6. The van der Waals surface area contributed by atoms with Crippen LogP contribution in [0.25, 0.3) is 95.0 Å². The van der Waals surface area contributed by atoms with Crippen LogP contribution in [-0.4, -0.2) is 24.3 Å². The van der Waals surface area contributed by atoms with Crippen LogP contribution in [0.1, 0.15) is 0 Å². The lowest BCUT2D eigenvalue weighted by Gasteiger charge is -2.11. The van der Waals surface area contributed by atoms with E-state index in [2.05, 4.69) is 168 Å². The van der Waals surface area contributed by atoms with E-state index in [1.54, 1.807) is 0 Å². The number of fused-ring (bicyclic) bond motifs is 5. The Kier molecular flexibility index (Phi) is 7.40. The number of nitrogens with zero attached hydrogens (tertiary/aromatic N) is 5. The summed E-state index contributed by atoms with van der Waals surface area (Å²) in [6.07, 6.45) is 1.99. The van der Waals surface area contributed by atoms with Crippen LogP contribution in [0.4, 0.5) is 0 Å². The second-order valence-electron chi connectivity index (χ2n) is 13.1. The molecule has 0 N–H and O–H groups in total. The summed E-state index contributed by atoms with van der Waals surface area (Å²) in [5, 5.41) is 1.16. The van der Waals surface area contributed by atoms with Gasteiger partial charge in [-0.25, -0.2) is 15.0 Å². The molecule has 0 spiro atoms. The maximum absolute atomic E-state index is 5.12. The third-order valence-electron chi connectivity index (χ3n) is 9.91. The van der Waals surface area contributed by atoms with Crippen molar-refractivity contribution in [3.8, 4) is 67.5 Å². The molecule has 248 valence electrons. The maximum atomic E-state index is 5.12. The molecule has 0 aliphatic heterocycles. The van der Waals surface area contributed by atoms with E-state index < -0.39 is 0 Å². The molecule has 0 atom stereocenters. The minimum absolute atomic E-state index is 0.613. The summed E-state index contributed by atoms with van der Waals surface area (Å²) in [7, 11) is 0. The predicted molar refractivity (Wildman–Crippen MR) is 216 cm³/mol. The quantitative estimate of drug-likeness (QED) is 0.176. The van der Waals surface area contributed by atoms with Crippen LogP contribution in [0.2, 0.25) is 0 Å². The molecule has 0 aliphatic carbocycles. The first-order valence-electron chi connectivity index (χ1n) is 17.7. The minimum Gasteiger partial charge on any atom is -0.306 e. The Hall–Kier alpha value is -7.24. The summed E-state index contributed by atoms with van der Waals surface area (Å²) in [4.78, 5) is 20.1. The van der Waals surface area contributed by atoms with Gasteiger partial charge in [0.05, 0.1) is 28.3 Å². The van der Waals surface area contributed by atoms with Gasteiger partial charge in [-0.05, 0) is 52.1 Å². The average Bonchev–Trinajstić information content (AvgIpc) is 3.59. The number of rotatable bonds is 6. The van der Waals surface area contributed by atoms with E-state index in [4.69, 9.17) is 19.9 Å². The van der Waals surface area contributed by atoms with Gasteiger partial charge in [-0.1, -0.05) is 158 Å². The molecular weight excluding hydrogens is 647 g/mol. The summed E-state index contributed by atoms with van der Waals surface area (Å²) in [5.41, 5.74) is 13.8. The maximum Gasteiger partial charge on any atom is 0.164 e. The minimum atomic E-state index is 0.613. The third kappa shape index (κ3) is 5.52. The van der Waals surface area contributed by atoms with Gasteiger partial charge >= 0.3 is 0 Å². The van der Waals surface area contributed by atoms with Crippen LogP contribution in [-0.2, 0) is 0 Å². The van der Waals surface area contributed by atoms with E-state index in [0.717, 1.165) is 66.4 Å². The second-order valence-corrected chi connectivity index (χ2v) is 13.1. The van der Waals surface area contributed by atoms with E-state index in [1.807, 2.05) is 24.4 Å². The fraction of sp³-hybridized carbons (Fsp3) is 0. The molecule has 5 nitrogen and oxygen atoms in total. The molecule has 0 amide bonds. The Labute approximate surface area is 306 Å². The number of para-hydroxylation sites is 3. The van der Waals surface area contributed by atoms with E-state index in [9.17, 15) is 0 Å². The Morgan fingerprint density at radius 2 is 0.774 bits per heavy atom. The van der Waals surface area contributed by atoms with E-state index in [0.29, 0.717) is 17.5 Å². The molecule has 0 saturated carbocycles. The molecule has 5 heteroatoms. The molecule has 3 aromatic heterocycles. The zero-order chi connectivity index (χ0) is 35.1. The summed E-state index contributed by atoms with van der Waals surface area (Å²) in [6.45, 7) is 0. The standard InChI is InChI=1S/C48H31N5/c1-3-12-32(13-4-1)34-22-26-36(27-23-34)46-50-47(37-28-24-35(25-29-37)33-14-5-2-6-15-33)52-48(51-46)39-17-11-16-38(30-39)45-40-18-7-9-20-42(40)53-43-21-10-8-19-41(43)49-31-44(45)53/h1-31H. The van der Waals surface area contributed by atoms with Crippen molar-refractivity contribution in [1.82, 2.24) is 24.3 Å². The van der Waals surface area contributed by atoms with E-state index in [-0.39, 0.29) is 0 Å². The van der Waals surface area contributed by atoms with E-state index >= 15 is 0 Å². The lowest BCUT2D eigenvalue weighted by atomic mass is 10.0. The number of aromatic nitrogens is 5. The molecule has 53 heavy (non-hydrogen) atoms. The monoisotopic (exact) mass is 677 g/mol. The van der Waals surface area contributed by atoms with Gasteiger partial charge in [0.25, 0.3) is 0 Å². The van der Waals surface area contributed by atoms with Crippen LogP contribution in [0.15, 0.2) is 188 Å². The van der Waals surface area contributed by atoms with Gasteiger partial charge in [-0.15, -0.1) is 0 Å². The highest BCUT2D eigenvalue weighted by molar-refractivity contribution is 6.08. The van der Waals surface area contributed by atoms with Crippen molar-refractivity contribution in [1.29, 1.82) is 0 Å². The molecule has 0 bridgehead atoms. The van der Waals surface area contributed by atoms with Gasteiger partial charge in [0.1, 0.15) is 0 Å². The number of hydrogen-bond acceptors (Lipinski definition) is 4. The van der Waals surface area contributed by atoms with Crippen LogP contribution in [0.3, 0.4) is 0 Å². The van der Waals surface area contributed by atoms with E-state index in [1.165, 1.54) is 11.1 Å². The largest absolute Gasteiger partial charge is 0.306 e. The molecule has 10 aromatic rings. The van der Waals surface area contributed by atoms with Gasteiger partial charge in [-0.3, -0.25) is 4.98 Å². The molecular formula is C48H31N5. The highest BCUT2D eigenvalue weighted by Crippen LogP contribution is 2.38. The van der Waals surface area contributed by atoms with Crippen molar-refractivity contribution in [2.45, 2.75) is 0 Å². The highest BCUT2D eigenvalue weighted by atomic mass is 15.0. The topological polar surface area (TPSA) is 56.0 Å². The molecule has 0 radical (unpaired) electrons. The van der Waals surface area contributed by atoms with Gasteiger partial charge in [0.15, 0.2) is 17.5 Å². The molecule has 0 aliphatic rings. The van der Waals surface area contributed by atoms with Gasteiger partial charge in [0.2, 0.25) is 0 Å². The van der Waals surface area contributed by atoms with Gasteiger partial charge in [0, 0.05) is 27.6 Å². The molecule has 0 unspecified atom stereocenters. The zero-order valence-electron chi connectivity index (χ0n) is 28.6. The summed E-state index contributed by atoms with van der Waals surface area (Å²) < 4.78 is 2.32. The highest BCUT2D eigenvalue weighted by Gasteiger charge is 2.18. The van der Waals surface area contributed by atoms with Crippen molar-refractivity contribution in [3.63, 3.8) is 0 Å². The average molecular weight is 678 g/mol. The Balaban J connectivity index is 1.12. The summed E-state index contributed by atoms with van der Waals surface area (Å²) in [6, 6.07) is 63.1. The van der Waals surface area contributed by atoms with Crippen molar-refractivity contribution in [3.05, 3.63) is 188 Å². The first kappa shape index (κ1) is 30.6. The molecule has 0 saturated heterocycles. The number of hydrogen-bond donors (Lipinski definition) is 0. The van der Waals surface area contributed by atoms with Crippen LogP contribution in [0, 0.1) is 0 Å². The van der Waals surface area contributed by atoms with Gasteiger partial charge in [-0.2, -0.15) is 0 Å². The molecule has 7 aromatic carbocycles. The van der Waals surface area contributed by atoms with Crippen molar-refractivity contribution < 1.29 is 0 Å². The predicted octanol–water partition coefficient (Wildman–Crippen LogP) is 11.8. The lowest BCUT2D eigenvalue weighted by Crippen LogP contribution is -2.00. The molecule has 10 rings (SSSR count). The fourth-order valence-corrected chi connectivity index (χ4v) is 7.30. The third-order valence-corrected chi connectivity index (χ3v) is 9.91. The van der Waals surface area contributed by atoms with Crippen LogP contribution in [0.5, 0.6) is 0 Å². The first-order valence-corrected chi connectivity index (χ1v) is 17.7. The lowest BCUT2D eigenvalue weighted by molar-refractivity contribution is 1.07. The van der Waals surface area contributed by atoms with Crippen molar-refractivity contribution in [2.75, 3.05) is 0 Å². The summed E-state index contributed by atoms with van der Waals surface area (Å²) >= 11 is 0. The number of benzene rings is 7. The van der Waals surface area contributed by atoms with Crippen molar-refractivity contribution >= 4 is 27.5 Å². The Bertz CT molecular complexity index is 2810. The van der Waals surface area contributed by atoms with Crippen LogP contribution >= 0.6 is 0 Å². The fourth-order valence-electron chi connectivity index (χ4n) is 7.30. The smallest absolute Gasteiger partial charge is 0.164 e. The summed E-state index contributed by atoms with van der Waals surface area (Å²) in [5.74, 6) is 1.86. The SMILES string of the molecule is c1ccc(-c2ccc(-c3nc(-c4ccc(-c5ccccc5)cc4)nc(-c4cccc(-c5c6ccccc6n6c5cnc5ccccc56)c4)n3)cc2)cc1. The Morgan fingerprint density at radius 3 is 1.40 bits per heavy atom. The van der Waals surface area contributed by atoms with Crippen molar-refractivity contribution in [2.24, 2.45) is 0 Å². The molecule has 0 fully saturated rings. The molecule has 3 heterocycles. The Morgan fingerprint density at radius 1 is 0.321 bits per heavy atom. The first-order chi connectivity index (χ1) is 26.3. The normalized spacial score (nSPS) is 11.4. The van der Waals surface area contributed by atoms with Crippen LogP contribution < -0.4 is 0 Å². The van der Waals surface area contributed by atoms with Gasteiger partial charge < -0.3 is 4.40 Å². The second kappa shape index (κ2) is 12.8.